The van der Waals surface area contributed by atoms with E-state index < -0.39 is 13.5 Å². The van der Waals surface area contributed by atoms with Crippen LogP contribution in [0.2, 0.25) is 19.6 Å². The van der Waals surface area contributed by atoms with Crippen LogP contribution in [0, 0.1) is 5.41 Å². The first-order valence-electron chi connectivity index (χ1n) is 7.22. The number of rotatable bonds is 3. The SMILES string of the molecule is CC1(C)C(=O)C(C=O)=C([Si](C)(C)C)C=C1c1ccccc1. The van der Waals surface area contributed by atoms with Gasteiger partial charge in [0.25, 0.3) is 0 Å². The van der Waals surface area contributed by atoms with Crippen LogP contribution in [0.4, 0.5) is 0 Å². The van der Waals surface area contributed by atoms with Crippen molar-refractivity contribution >= 4 is 25.7 Å². The molecule has 0 spiro atoms. The zero-order chi connectivity index (χ0) is 15.8. The number of ketones is 1. The quantitative estimate of drug-likeness (QED) is 0.479. The summed E-state index contributed by atoms with van der Waals surface area (Å²) in [5.41, 5.74) is 1.77. The maximum Gasteiger partial charge on any atom is 0.175 e. The zero-order valence-corrected chi connectivity index (χ0v) is 14.4. The molecule has 21 heavy (non-hydrogen) atoms. The van der Waals surface area contributed by atoms with Gasteiger partial charge in [0, 0.05) is 0 Å². The van der Waals surface area contributed by atoms with Gasteiger partial charge in [-0.25, -0.2) is 0 Å². The molecule has 1 aromatic rings. The van der Waals surface area contributed by atoms with Crippen molar-refractivity contribution in [2.75, 3.05) is 0 Å². The molecule has 0 saturated heterocycles. The average Bonchev–Trinajstić information content (AvgIpc) is 2.41. The summed E-state index contributed by atoms with van der Waals surface area (Å²) in [4.78, 5) is 24.3. The van der Waals surface area contributed by atoms with Gasteiger partial charge in [-0.3, -0.25) is 9.59 Å². The van der Waals surface area contributed by atoms with Crippen molar-refractivity contribution in [3.63, 3.8) is 0 Å². The van der Waals surface area contributed by atoms with E-state index in [1.54, 1.807) is 0 Å². The van der Waals surface area contributed by atoms with Crippen LogP contribution in [-0.2, 0) is 9.59 Å². The van der Waals surface area contributed by atoms with Gasteiger partial charge in [0.05, 0.1) is 19.1 Å². The van der Waals surface area contributed by atoms with E-state index in [1.807, 2.05) is 44.2 Å². The fraction of sp³-hybridized carbons (Fsp3) is 0.333. The van der Waals surface area contributed by atoms with E-state index in [9.17, 15) is 9.59 Å². The molecule has 0 bridgehead atoms. The van der Waals surface area contributed by atoms with Crippen molar-refractivity contribution in [2.45, 2.75) is 33.5 Å². The molecule has 0 atom stereocenters. The molecule has 1 aliphatic carbocycles. The van der Waals surface area contributed by atoms with Crippen molar-refractivity contribution in [3.05, 3.63) is 52.7 Å². The molecule has 0 heterocycles. The first-order chi connectivity index (χ1) is 9.69. The summed E-state index contributed by atoms with van der Waals surface area (Å²) >= 11 is 0. The molecule has 0 N–H and O–H groups in total. The van der Waals surface area contributed by atoms with E-state index in [-0.39, 0.29) is 5.78 Å². The maximum absolute atomic E-state index is 12.8. The molecule has 0 aliphatic heterocycles. The molecular weight excluding hydrogens is 276 g/mol. The number of carbonyl (C=O) groups excluding carboxylic acids is 2. The number of hydrogen-bond acceptors (Lipinski definition) is 2. The Morgan fingerprint density at radius 3 is 2.10 bits per heavy atom. The highest BCUT2D eigenvalue weighted by Crippen LogP contribution is 2.43. The first kappa shape index (κ1) is 15.6. The number of benzene rings is 1. The molecule has 0 aromatic heterocycles. The minimum atomic E-state index is -1.77. The molecule has 0 unspecified atom stereocenters. The Bertz CT molecular complexity index is 644. The summed E-state index contributed by atoms with van der Waals surface area (Å²) in [5, 5.41) is 0.959. The van der Waals surface area contributed by atoms with E-state index >= 15 is 0 Å². The van der Waals surface area contributed by atoms with E-state index in [4.69, 9.17) is 0 Å². The highest BCUT2D eigenvalue weighted by Gasteiger charge is 2.41. The summed E-state index contributed by atoms with van der Waals surface area (Å²) in [6.07, 6.45) is 2.84. The minimum absolute atomic E-state index is 0.0590. The molecule has 0 fully saturated rings. The topological polar surface area (TPSA) is 34.1 Å². The predicted octanol–water partition coefficient (Wildman–Crippen LogP) is 4.05. The average molecular weight is 298 g/mol. The normalized spacial score (nSPS) is 18.5. The van der Waals surface area contributed by atoms with Gasteiger partial charge in [-0.05, 0) is 30.2 Å². The number of allylic oxidation sites excluding steroid dienone is 4. The minimum Gasteiger partial charge on any atom is -0.298 e. The van der Waals surface area contributed by atoms with E-state index in [2.05, 4.69) is 25.7 Å². The van der Waals surface area contributed by atoms with Crippen molar-refractivity contribution in [2.24, 2.45) is 5.41 Å². The number of Topliss-reactive ketones (excluding diaryl/α,β-unsaturated/α-hetero) is 1. The van der Waals surface area contributed by atoms with E-state index in [0.29, 0.717) is 5.57 Å². The Morgan fingerprint density at radius 1 is 1.05 bits per heavy atom. The Balaban J connectivity index is 2.74. The third-order valence-electron chi connectivity index (χ3n) is 4.08. The van der Waals surface area contributed by atoms with Crippen molar-refractivity contribution in [3.8, 4) is 0 Å². The monoisotopic (exact) mass is 298 g/mol. The lowest BCUT2D eigenvalue weighted by Crippen LogP contribution is -2.37. The van der Waals surface area contributed by atoms with Crippen molar-refractivity contribution in [1.82, 2.24) is 0 Å². The molecule has 3 heteroatoms. The molecule has 110 valence electrons. The smallest absolute Gasteiger partial charge is 0.175 e. The Hall–Kier alpha value is -1.74. The van der Waals surface area contributed by atoms with Gasteiger partial charge in [0.2, 0.25) is 0 Å². The maximum atomic E-state index is 12.8. The van der Waals surface area contributed by atoms with Crippen LogP contribution < -0.4 is 0 Å². The zero-order valence-electron chi connectivity index (χ0n) is 13.4. The van der Waals surface area contributed by atoms with Gasteiger partial charge < -0.3 is 0 Å². The summed E-state index contributed by atoms with van der Waals surface area (Å²) in [6, 6.07) is 9.96. The molecule has 0 saturated carbocycles. The van der Waals surface area contributed by atoms with E-state index in [1.165, 1.54) is 0 Å². The van der Waals surface area contributed by atoms with Crippen LogP contribution in [0.3, 0.4) is 0 Å². The second kappa shape index (κ2) is 5.23. The third kappa shape index (κ3) is 2.70. The molecular formula is C18H22O2Si. The summed E-state index contributed by atoms with van der Waals surface area (Å²) in [7, 11) is -1.77. The fourth-order valence-corrected chi connectivity index (χ4v) is 4.34. The summed E-state index contributed by atoms with van der Waals surface area (Å²) in [6.45, 7) is 10.3. The highest BCUT2D eigenvalue weighted by atomic mass is 28.3. The van der Waals surface area contributed by atoms with Crippen LogP contribution in [0.5, 0.6) is 0 Å². The van der Waals surface area contributed by atoms with Crippen LogP contribution in [0.1, 0.15) is 19.4 Å². The largest absolute Gasteiger partial charge is 0.298 e. The van der Waals surface area contributed by atoms with E-state index in [0.717, 1.165) is 22.6 Å². The standard InChI is InChI=1S/C18H22O2Si/c1-18(2)15(13-9-7-6-8-10-13)11-16(21(3,4)5)14(12-19)17(18)20/h6-12H,1-5H3. The van der Waals surface area contributed by atoms with Gasteiger partial charge in [0.1, 0.15) is 0 Å². The lowest BCUT2D eigenvalue weighted by Gasteiger charge is -2.35. The van der Waals surface area contributed by atoms with Crippen molar-refractivity contribution in [1.29, 1.82) is 0 Å². The van der Waals surface area contributed by atoms with Crippen LogP contribution >= 0.6 is 0 Å². The molecule has 2 nitrogen and oxygen atoms in total. The lowest BCUT2D eigenvalue weighted by molar-refractivity contribution is -0.122. The second-order valence-electron chi connectivity index (χ2n) is 7.07. The van der Waals surface area contributed by atoms with Crippen LogP contribution in [0.15, 0.2) is 47.2 Å². The second-order valence-corrected chi connectivity index (χ2v) is 12.1. The Kier molecular flexibility index (Phi) is 3.89. The van der Waals surface area contributed by atoms with Crippen molar-refractivity contribution < 1.29 is 9.59 Å². The van der Waals surface area contributed by atoms with Crippen LogP contribution in [-0.4, -0.2) is 20.1 Å². The molecule has 0 radical (unpaired) electrons. The third-order valence-corrected chi connectivity index (χ3v) is 6.10. The predicted molar refractivity (Wildman–Crippen MR) is 89.6 cm³/mol. The fourth-order valence-electron chi connectivity index (χ4n) is 2.78. The Morgan fingerprint density at radius 2 is 1.62 bits per heavy atom. The molecule has 0 amide bonds. The van der Waals surface area contributed by atoms with Gasteiger partial charge >= 0.3 is 0 Å². The van der Waals surface area contributed by atoms with Gasteiger partial charge in [0.15, 0.2) is 12.1 Å². The summed E-state index contributed by atoms with van der Waals surface area (Å²) < 4.78 is 0. The number of aldehydes is 1. The molecule has 2 rings (SSSR count). The Labute approximate surface area is 127 Å². The number of hydrogen-bond donors (Lipinski definition) is 0. The molecule has 1 aliphatic rings. The number of carbonyl (C=O) groups is 2. The molecule has 1 aromatic carbocycles. The first-order valence-corrected chi connectivity index (χ1v) is 10.7. The van der Waals surface area contributed by atoms with Crippen LogP contribution in [0.25, 0.3) is 5.57 Å². The summed E-state index contributed by atoms with van der Waals surface area (Å²) in [5.74, 6) is -0.0590. The lowest BCUT2D eigenvalue weighted by atomic mass is 9.72. The van der Waals surface area contributed by atoms with Gasteiger partial charge in [-0.2, -0.15) is 0 Å². The highest BCUT2D eigenvalue weighted by molar-refractivity contribution is 6.84. The van der Waals surface area contributed by atoms with Gasteiger partial charge in [-0.15, -0.1) is 0 Å². The van der Waals surface area contributed by atoms with Gasteiger partial charge in [-0.1, -0.05) is 56.0 Å².